The molecular formula is C26H24N2O4S. The van der Waals surface area contributed by atoms with Crippen molar-refractivity contribution in [3.8, 4) is 5.75 Å². The molecule has 0 radical (unpaired) electrons. The van der Waals surface area contributed by atoms with E-state index in [1.807, 2.05) is 42.5 Å². The van der Waals surface area contributed by atoms with Gasteiger partial charge in [0.1, 0.15) is 12.4 Å². The molecule has 0 heterocycles. The molecular weight excluding hydrogens is 436 g/mol. The van der Waals surface area contributed by atoms with Crippen LogP contribution in [0.15, 0.2) is 102 Å². The van der Waals surface area contributed by atoms with E-state index < -0.39 is 10.0 Å². The summed E-state index contributed by atoms with van der Waals surface area (Å²) in [6.07, 6.45) is 0. The number of benzene rings is 4. The molecule has 4 aromatic carbocycles. The van der Waals surface area contributed by atoms with E-state index in [0.717, 1.165) is 16.5 Å². The lowest BCUT2D eigenvalue weighted by Crippen LogP contribution is -2.29. The molecule has 0 saturated heterocycles. The highest BCUT2D eigenvalue weighted by atomic mass is 32.2. The zero-order valence-electron chi connectivity index (χ0n) is 18.1. The molecule has 4 rings (SSSR count). The van der Waals surface area contributed by atoms with Crippen LogP contribution in [0, 0.1) is 0 Å². The fraction of sp³-hybridized carbons (Fsp3) is 0.115. The average Bonchev–Trinajstić information content (AvgIpc) is 2.86. The monoisotopic (exact) mass is 460 g/mol. The maximum absolute atomic E-state index is 12.8. The van der Waals surface area contributed by atoms with Crippen molar-refractivity contribution in [3.63, 3.8) is 0 Å². The second-order valence-corrected chi connectivity index (χ2v) is 9.42. The third kappa shape index (κ3) is 5.15. The van der Waals surface area contributed by atoms with E-state index >= 15 is 0 Å². The van der Waals surface area contributed by atoms with Gasteiger partial charge in [-0.3, -0.25) is 9.10 Å². The molecule has 0 spiro atoms. The maximum atomic E-state index is 12.8. The summed E-state index contributed by atoms with van der Waals surface area (Å²) >= 11 is 0. The first-order chi connectivity index (χ1) is 15.9. The Morgan fingerprint density at radius 2 is 1.58 bits per heavy atom. The average molecular weight is 461 g/mol. The van der Waals surface area contributed by atoms with Crippen LogP contribution in [-0.2, 0) is 10.0 Å². The molecule has 168 valence electrons. The summed E-state index contributed by atoms with van der Waals surface area (Å²) in [6.45, 7) is 0.625. The lowest BCUT2D eigenvalue weighted by molar-refractivity contribution is 0.0947. The molecule has 0 aliphatic rings. The van der Waals surface area contributed by atoms with E-state index in [0.29, 0.717) is 24.4 Å². The highest BCUT2D eigenvalue weighted by Gasteiger charge is 2.21. The minimum atomic E-state index is -3.72. The number of hydrogen-bond acceptors (Lipinski definition) is 4. The van der Waals surface area contributed by atoms with Gasteiger partial charge in [-0.2, -0.15) is 0 Å². The Labute approximate surface area is 193 Å². The van der Waals surface area contributed by atoms with Gasteiger partial charge in [0.25, 0.3) is 15.9 Å². The lowest BCUT2D eigenvalue weighted by atomic mass is 10.1. The van der Waals surface area contributed by atoms with Crippen LogP contribution < -0.4 is 14.4 Å². The first-order valence-corrected chi connectivity index (χ1v) is 11.9. The third-order valence-corrected chi connectivity index (χ3v) is 7.05. The van der Waals surface area contributed by atoms with Crippen LogP contribution in [-0.4, -0.2) is 34.5 Å². The molecule has 0 atom stereocenters. The van der Waals surface area contributed by atoms with Gasteiger partial charge in [-0.15, -0.1) is 0 Å². The summed E-state index contributed by atoms with van der Waals surface area (Å²) in [5.74, 6) is 0.433. The van der Waals surface area contributed by atoms with Gasteiger partial charge in [0, 0.05) is 12.6 Å². The highest BCUT2D eigenvalue weighted by molar-refractivity contribution is 7.92. The minimum Gasteiger partial charge on any atom is -0.492 e. The number of sulfonamides is 1. The molecule has 0 aliphatic carbocycles. The van der Waals surface area contributed by atoms with Gasteiger partial charge in [0.05, 0.1) is 17.1 Å². The van der Waals surface area contributed by atoms with Gasteiger partial charge in [0.2, 0.25) is 0 Å². The van der Waals surface area contributed by atoms with Crippen LogP contribution in [0.3, 0.4) is 0 Å². The Morgan fingerprint density at radius 3 is 2.36 bits per heavy atom. The first kappa shape index (κ1) is 22.4. The van der Waals surface area contributed by atoms with Crippen molar-refractivity contribution in [3.05, 3.63) is 103 Å². The Hall–Kier alpha value is -3.84. The zero-order chi connectivity index (χ0) is 23.3. The van der Waals surface area contributed by atoms with Gasteiger partial charge in [0.15, 0.2) is 0 Å². The lowest BCUT2D eigenvalue weighted by Gasteiger charge is -2.20. The third-order valence-electron chi connectivity index (χ3n) is 5.25. The summed E-state index contributed by atoms with van der Waals surface area (Å²) in [4.78, 5) is 12.8. The molecule has 0 aliphatic heterocycles. The molecule has 0 bridgehead atoms. The van der Waals surface area contributed by atoms with Crippen molar-refractivity contribution < 1.29 is 17.9 Å². The summed E-state index contributed by atoms with van der Waals surface area (Å²) < 4.78 is 32.6. The van der Waals surface area contributed by atoms with Crippen molar-refractivity contribution in [2.45, 2.75) is 4.90 Å². The first-order valence-electron chi connectivity index (χ1n) is 10.5. The van der Waals surface area contributed by atoms with Crippen LogP contribution in [0.25, 0.3) is 10.8 Å². The fourth-order valence-corrected chi connectivity index (χ4v) is 4.63. The second kappa shape index (κ2) is 9.75. The summed E-state index contributed by atoms with van der Waals surface area (Å²) in [5.41, 5.74) is 0.771. The number of amides is 1. The number of ether oxygens (including phenoxy) is 1. The van der Waals surface area contributed by atoms with Crippen molar-refractivity contribution in [2.75, 3.05) is 24.5 Å². The number of nitrogens with one attached hydrogen (secondary N) is 1. The summed E-state index contributed by atoms with van der Waals surface area (Å²) in [6, 6.07) is 28.6. The number of hydrogen-bond donors (Lipinski definition) is 1. The van der Waals surface area contributed by atoms with E-state index in [2.05, 4.69) is 5.32 Å². The number of carbonyl (C=O) groups excluding carboxylic acids is 1. The van der Waals surface area contributed by atoms with Gasteiger partial charge in [-0.1, -0.05) is 54.6 Å². The quantitative estimate of drug-likeness (QED) is 0.394. The SMILES string of the molecule is CN(c1cccc(C(=O)NCCOc2ccc3ccccc3c2)c1)S(=O)(=O)c1ccccc1. The van der Waals surface area contributed by atoms with Crippen LogP contribution in [0.5, 0.6) is 5.75 Å². The summed E-state index contributed by atoms with van der Waals surface area (Å²) in [7, 11) is -2.25. The van der Waals surface area contributed by atoms with E-state index in [1.165, 1.54) is 23.5 Å². The maximum Gasteiger partial charge on any atom is 0.264 e. The largest absolute Gasteiger partial charge is 0.492 e. The standard InChI is InChI=1S/C26H24N2O4S/c1-28(33(30,31)25-12-3-2-4-13-25)23-11-7-10-22(18-23)26(29)27-16-17-32-24-15-14-20-8-5-6-9-21(20)19-24/h2-15,18-19H,16-17H2,1H3,(H,27,29). The van der Waals surface area contributed by atoms with Crippen molar-refractivity contribution in [2.24, 2.45) is 0 Å². The molecule has 0 aromatic heterocycles. The number of rotatable bonds is 8. The van der Waals surface area contributed by atoms with Gasteiger partial charge < -0.3 is 10.1 Å². The number of carbonyl (C=O) groups is 1. The number of anilines is 1. The zero-order valence-corrected chi connectivity index (χ0v) is 19.0. The normalized spacial score (nSPS) is 11.2. The predicted molar refractivity (Wildman–Crippen MR) is 130 cm³/mol. The van der Waals surface area contributed by atoms with Crippen molar-refractivity contribution in [1.82, 2.24) is 5.32 Å². The van der Waals surface area contributed by atoms with E-state index in [9.17, 15) is 13.2 Å². The van der Waals surface area contributed by atoms with Crippen molar-refractivity contribution in [1.29, 1.82) is 0 Å². The molecule has 1 N–H and O–H groups in total. The fourth-order valence-electron chi connectivity index (χ4n) is 3.43. The highest BCUT2D eigenvalue weighted by Crippen LogP contribution is 2.23. The molecule has 4 aromatic rings. The van der Waals surface area contributed by atoms with E-state index in [4.69, 9.17) is 4.74 Å². The minimum absolute atomic E-state index is 0.188. The van der Waals surface area contributed by atoms with Crippen LogP contribution in [0.1, 0.15) is 10.4 Å². The molecule has 6 nitrogen and oxygen atoms in total. The molecule has 0 unspecified atom stereocenters. The second-order valence-electron chi connectivity index (χ2n) is 7.45. The van der Waals surface area contributed by atoms with Gasteiger partial charge >= 0.3 is 0 Å². The molecule has 1 amide bonds. The summed E-state index contributed by atoms with van der Waals surface area (Å²) in [5, 5.41) is 5.04. The van der Waals surface area contributed by atoms with E-state index in [-0.39, 0.29) is 10.8 Å². The smallest absolute Gasteiger partial charge is 0.264 e. The van der Waals surface area contributed by atoms with Crippen LogP contribution in [0.4, 0.5) is 5.69 Å². The Balaban J connectivity index is 1.36. The van der Waals surface area contributed by atoms with Crippen LogP contribution >= 0.6 is 0 Å². The van der Waals surface area contributed by atoms with E-state index in [1.54, 1.807) is 42.5 Å². The molecule has 33 heavy (non-hydrogen) atoms. The predicted octanol–water partition coefficient (Wildman–Crippen LogP) is 4.47. The Kier molecular flexibility index (Phi) is 6.60. The molecule has 0 saturated carbocycles. The molecule has 7 heteroatoms. The topological polar surface area (TPSA) is 75.7 Å². The van der Waals surface area contributed by atoms with Crippen molar-refractivity contribution >= 4 is 32.4 Å². The number of fused-ring (bicyclic) bond motifs is 1. The van der Waals surface area contributed by atoms with Gasteiger partial charge in [-0.05, 0) is 53.2 Å². The molecule has 0 fully saturated rings. The Morgan fingerprint density at radius 1 is 0.848 bits per heavy atom. The Bertz CT molecular complexity index is 1370. The van der Waals surface area contributed by atoms with Gasteiger partial charge in [-0.25, -0.2) is 8.42 Å². The van der Waals surface area contributed by atoms with Crippen LogP contribution in [0.2, 0.25) is 0 Å². The number of nitrogens with zero attached hydrogens (tertiary/aromatic N) is 1.